The molecule has 0 saturated carbocycles. The molecule has 1 rings (SSSR count). The van der Waals surface area contributed by atoms with E-state index in [9.17, 15) is 4.79 Å². The molecule has 1 aliphatic rings. The van der Waals surface area contributed by atoms with E-state index in [0.29, 0.717) is 0 Å². The van der Waals surface area contributed by atoms with Crippen LogP contribution in [0.1, 0.15) is 13.8 Å². The van der Waals surface area contributed by atoms with Crippen molar-refractivity contribution in [1.82, 2.24) is 4.42 Å². The van der Waals surface area contributed by atoms with Crippen LogP contribution in [0.3, 0.4) is 0 Å². The maximum absolute atomic E-state index is 10.8. The third-order valence-corrected chi connectivity index (χ3v) is 2.44. The van der Waals surface area contributed by atoms with E-state index in [4.69, 9.17) is 21.6 Å². The Hall–Kier alpha value is -0.480. The summed E-state index contributed by atoms with van der Waals surface area (Å²) in [4.78, 5) is 10.8. The lowest BCUT2D eigenvalue weighted by atomic mass is 10.00. The maximum Gasteiger partial charge on any atom is 0.425 e. The highest BCUT2D eigenvalue weighted by Gasteiger charge is 2.47. The first-order chi connectivity index (χ1) is 5.00. The van der Waals surface area contributed by atoms with Crippen molar-refractivity contribution < 1.29 is 14.6 Å². The highest BCUT2D eigenvalue weighted by molar-refractivity contribution is 6.21. The van der Waals surface area contributed by atoms with Crippen LogP contribution in [0.25, 0.3) is 0 Å². The van der Waals surface area contributed by atoms with Crippen LogP contribution in [-0.2, 0) is 4.74 Å². The van der Waals surface area contributed by atoms with Crippen LogP contribution in [0, 0.1) is 0 Å². The molecule has 1 atom stereocenters. The maximum atomic E-state index is 10.8. The monoisotopic (exact) mass is 179 g/mol. The Morgan fingerprint density at radius 1 is 1.82 bits per heavy atom. The summed E-state index contributed by atoms with van der Waals surface area (Å²) in [5.41, 5.74) is -0.632. The van der Waals surface area contributed by atoms with Gasteiger partial charge in [-0.05, 0) is 13.8 Å². The third kappa shape index (κ3) is 1.16. The summed E-state index contributed by atoms with van der Waals surface area (Å²) >= 11 is 5.58. The first-order valence-corrected chi connectivity index (χ1v) is 3.61. The molecule has 1 saturated heterocycles. The van der Waals surface area contributed by atoms with Crippen molar-refractivity contribution in [2.45, 2.75) is 25.5 Å². The van der Waals surface area contributed by atoms with Gasteiger partial charge >= 0.3 is 6.09 Å². The molecule has 1 amide bonds. The SMILES string of the molecule is CC1(C)C(CO)OC(=O)N1Cl. The lowest BCUT2D eigenvalue weighted by Crippen LogP contribution is -2.42. The molecule has 5 heteroatoms. The Morgan fingerprint density at radius 2 is 2.36 bits per heavy atom. The number of aliphatic hydroxyl groups is 1. The summed E-state index contributed by atoms with van der Waals surface area (Å²) in [6, 6.07) is 0. The van der Waals surface area contributed by atoms with Crippen LogP contribution in [-0.4, -0.2) is 33.9 Å². The van der Waals surface area contributed by atoms with Gasteiger partial charge in [0.2, 0.25) is 0 Å². The van der Waals surface area contributed by atoms with Gasteiger partial charge in [0, 0.05) is 11.8 Å². The zero-order valence-electron chi connectivity index (χ0n) is 6.37. The largest absolute Gasteiger partial charge is 0.440 e. The minimum atomic E-state index is -0.632. The van der Waals surface area contributed by atoms with E-state index in [-0.39, 0.29) is 6.61 Å². The van der Waals surface area contributed by atoms with Crippen molar-refractivity contribution in [2.24, 2.45) is 0 Å². The number of hydrogen-bond acceptors (Lipinski definition) is 3. The van der Waals surface area contributed by atoms with Crippen LogP contribution in [0.4, 0.5) is 4.79 Å². The van der Waals surface area contributed by atoms with Crippen molar-refractivity contribution in [2.75, 3.05) is 6.61 Å². The number of aliphatic hydroxyl groups excluding tert-OH is 1. The fourth-order valence-corrected chi connectivity index (χ4v) is 1.08. The summed E-state index contributed by atoms with van der Waals surface area (Å²) in [6.45, 7) is 3.25. The minimum Gasteiger partial charge on any atom is -0.440 e. The van der Waals surface area contributed by atoms with Crippen molar-refractivity contribution in [3.05, 3.63) is 0 Å². The highest BCUT2D eigenvalue weighted by atomic mass is 35.5. The van der Waals surface area contributed by atoms with E-state index >= 15 is 0 Å². The molecular formula is C6H10ClNO3. The average Bonchev–Trinajstić information content (AvgIpc) is 2.13. The molecule has 1 N–H and O–H groups in total. The second kappa shape index (κ2) is 2.53. The second-order valence-corrected chi connectivity index (χ2v) is 3.33. The minimum absolute atomic E-state index is 0.206. The van der Waals surface area contributed by atoms with Gasteiger partial charge in [0.15, 0.2) is 6.10 Å². The van der Waals surface area contributed by atoms with Crippen molar-refractivity contribution in [3.8, 4) is 0 Å². The Balaban J connectivity index is 2.82. The van der Waals surface area contributed by atoms with E-state index in [0.717, 1.165) is 4.42 Å². The predicted octanol–water partition coefficient (Wildman–Crippen LogP) is 0.732. The quantitative estimate of drug-likeness (QED) is 0.604. The first-order valence-electron chi connectivity index (χ1n) is 3.27. The Morgan fingerprint density at radius 3 is 2.55 bits per heavy atom. The molecule has 4 nitrogen and oxygen atoms in total. The smallest absolute Gasteiger partial charge is 0.425 e. The standard InChI is InChI=1S/C6H10ClNO3/c1-6(2)4(3-9)11-5(10)8(6)7/h4,9H,3H2,1-2H3. The van der Waals surface area contributed by atoms with Gasteiger partial charge in [-0.15, -0.1) is 0 Å². The summed E-state index contributed by atoms with van der Waals surface area (Å²) in [6.07, 6.45) is -1.14. The molecule has 11 heavy (non-hydrogen) atoms. The second-order valence-electron chi connectivity index (χ2n) is 2.99. The van der Waals surface area contributed by atoms with Gasteiger partial charge in [-0.1, -0.05) is 0 Å². The van der Waals surface area contributed by atoms with Crippen LogP contribution in [0.2, 0.25) is 0 Å². The molecule has 64 valence electrons. The van der Waals surface area contributed by atoms with Gasteiger partial charge in [0.25, 0.3) is 0 Å². The summed E-state index contributed by atoms with van der Waals surface area (Å²) < 4.78 is 5.71. The Kier molecular flexibility index (Phi) is 1.98. The molecule has 0 aliphatic carbocycles. The van der Waals surface area contributed by atoms with Gasteiger partial charge < -0.3 is 9.84 Å². The third-order valence-electron chi connectivity index (χ3n) is 1.86. The summed E-state index contributed by atoms with van der Waals surface area (Å²) in [5, 5.41) is 8.77. The van der Waals surface area contributed by atoms with E-state index in [2.05, 4.69) is 0 Å². The number of hydrogen-bond donors (Lipinski definition) is 1. The van der Waals surface area contributed by atoms with Crippen LogP contribution in [0.5, 0.6) is 0 Å². The predicted molar refractivity (Wildman–Crippen MR) is 39.1 cm³/mol. The van der Waals surface area contributed by atoms with Gasteiger partial charge in [-0.3, -0.25) is 0 Å². The number of halogens is 1. The van der Waals surface area contributed by atoms with E-state index in [1.54, 1.807) is 13.8 Å². The van der Waals surface area contributed by atoms with Crippen LogP contribution >= 0.6 is 11.8 Å². The number of rotatable bonds is 1. The molecule has 1 heterocycles. The van der Waals surface area contributed by atoms with E-state index < -0.39 is 17.7 Å². The fourth-order valence-electron chi connectivity index (χ4n) is 0.935. The van der Waals surface area contributed by atoms with E-state index in [1.807, 2.05) is 0 Å². The van der Waals surface area contributed by atoms with Gasteiger partial charge in [-0.2, -0.15) is 0 Å². The Labute approximate surface area is 69.8 Å². The van der Waals surface area contributed by atoms with E-state index in [1.165, 1.54) is 0 Å². The van der Waals surface area contributed by atoms with Crippen LogP contribution in [0.15, 0.2) is 0 Å². The molecule has 0 aromatic heterocycles. The topological polar surface area (TPSA) is 49.8 Å². The van der Waals surface area contributed by atoms with Gasteiger partial charge in [-0.25, -0.2) is 9.21 Å². The zero-order valence-corrected chi connectivity index (χ0v) is 7.13. The zero-order chi connectivity index (χ0) is 8.65. The number of carbonyl (C=O) groups is 1. The lowest BCUT2D eigenvalue weighted by molar-refractivity contribution is 0.0634. The number of nitrogens with zero attached hydrogens (tertiary/aromatic N) is 1. The lowest BCUT2D eigenvalue weighted by Gasteiger charge is -2.25. The number of amides is 1. The summed E-state index contributed by atoms with van der Waals surface area (Å²) in [5.74, 6) is 0. The van der Waals surface area contributed by atoms with Gasteiger partial charge in [0.05, 0.1) is 12.1 Å². The molecular weight excluding hydrogens is 170 g/mol. The number of cyclic esters (lactones) is 1. The molecule has 0 radical (unpaired) electrons. The first kappa shape index (κ1) is 8.62. The normalized spacial score (nSPS) is 28.9. The molecule has 1 unspecified atom stereocenters. The Bertz CT molecular complexity index is 183. The molecule has 0 aromatic carbocycles. The fraction of sp³-hybridized carbons (Fsp3) is 0.833. The summed E-state index contributed by atoms with van der Waals surface area (Å²) in [7, 11) is 0. The van der Waals surface area contributed by atoms with Gasteiger partial charge in [0.1, 0.15) is 0 Å². The molecule has 1 aliphatic heterocycles. The molecule has 0 spiro atoms. The van der Waals surface area contributed by atoms with Crippen molar-refractivity contribution >= 4 is 17.9 Å². The molecule has 0 aromatic rings. The van der Waals surface area contributed by atoms with Crippen LogP contribution < -0.4 is 0 Å². The van der Waals surface area contributed by atoms with Crippen molar-refractivity contribution in [3.63, 3.8) is 0 Å². The van der Waals surface area contributed by atoms with Crippen molar-refractivity contribution in [1.29, 1.82) is 0 Å². The molecule has 1 fully saturated rings. The molecule has 0 bridgehead atoms. The highest BCUT2D eigenvalue weighted by Crippen LogP contribution is 2.31. The number of carbonyl (C=O) groups excluding carboxylic acids is 1. The number of ether oxygens (including phenoxy) is 1. The average molecular weight is 180 g/mol.